The standard InChI is InChI=1S/C17H31N3O/c1-13-6-5-7-14(2)16(13)18-17(21)20-11-8-15(12-20)19-9-3-4-10-19/h13-16H,3-12H2,1-2H3,(H,18,21)/t13-,14-,15-/m1/s1. The summed E-state index contributed by atoms with van der Waals surface area (Å²) in [4.78, 5) is 17.2. The fourth-order valence-electron chi connectivity index (χ4n) is 4.53. The van der Waals surface area contributed by atoms with Crippen LogP contribution in [0.1, 0.15) is 52.4 Å². The second-order valence-electron chi connectivity index (χ2n) is 7.49. The predicted octanol–water partition coefficient (Wildman–Crippen LogP) is 2.69. The van der Waals surface area contributed by atoms with Crippen LogP contribution in [-0.4, -0.2) is 54.1 Å². The fraction of sp³-hybridized carbons (Fsp3) is 0.941. The molecule has 4 heteroatoms. The van der Waals surface area contributed by atoms with E-state index in [1.165, 1.54) is 45.2 Å². The maximum Gasteiger partial charge on any atom is 0.317 e. The summed E-state index contributed by atoms with van der Waals surface area (Å²) in [5.41, 5.74) is 0. The number of carbonyl (C=O) groups excluding carboxylic acids is 1. The van der Waals surface area contributed by atoms with Crippen LogP contribution >= 0.6 is 0 Å². The first-order chi connectivity index (χ1) is 10.1. The molecule has 21 heavy (non-hydrogen) atoms. The van der Waals surface area contributed by atoms with Crippen molar-refractivity contribution >= 4 is 6.03 Å². The summed E-state index contributed by atoms with van der Waals surface area (Å²) in [5, 5.41) is 3.34. The van der Waals surface area contributed by atoms with Crippen LogP contribution in [0.5, 0.6) is 0 Å². The van der Waals surface area contributed by atoms with Crippen molar-refractivity contribution in [1.82, 2.24) is 15.1 Å². The molecule has 0 aromatic carbocycles. The van der Waals surface area contributed by atoms with Crippen molar-refractivity contribution in [3.05, 3.63) is 0 Å². The van der Waals surface area contributed by atoms with Crippen LogP contribution < -0.4 is 5.32 Å². The van der Waals surface area contributed by atoms with Crippen LogP contribution in [0.15, 0.2) is 0 Å². The van der Waals surface area contributed by atoms with E-state index in [1.807, 2.05) is 0 Å². The monoisotopic (exact) mass is 293 g/mol. The summed E-state index contributed by atoms with van der Waals surface area (Å²) >= 11 is 0. The average molecular weight is 293 g/mol. The minimum absolute atomic E-state index is 0.183. The van der Waals surface area contributed by atoms with Gasteiger partial charge in [-0.3, -0.25) is 4.90 Å². The number of rotatable bonds is 2. The molecule has 3 aliphatic rings. The van der Waals surface area contributed by atoms with Gasteiger partial charge in [0.15, 0.2) is 0 Å². The summed E-state index contributed by atoms with van der Waals surface area (Å²) in [6.07, 6.45) is 7.65. The number of carbonyl (C=O) groups is 1. The van der Waals surface area contributed by atoms with Gasteiger partial charge < -0.3 is 10.2 Å². The highest BCUT2D eigenvalue weighted by atomic mass is 16.2. The quantitative estimate of drug-likeness (QED) is 0.849. The molecule has 2 saturated heterocycles. The van der Waals surface area contributed by atoms with E-state index in [0.717, 1.165) is 19.5 Å². The molecule has 3 fully saturated rings. The highest BCUT2D eigenvalue weighted by Gasteiger charge is 2.34. The summed E-state index contributed by atoms with van der Waals surface area (Å²) < 4.78 is 0. The van der Waals surface area contributed by atoms with Crippen molar-refractivity contribution in [2.24, 2.45) is 11.8 Å². The second kappa shape index (κ2) is 6.55. The van der Waals surface area contributed by atoms with Gasteiger partial charge in [0.2, 0.25) is 0 Å². The first-order valence-corrected chi connectivity index (χ1v) is 8.94. The van der Waals surface area contributed by atoms with Gasteiger partial charge in [0.05, 0.1) is 0 Å². The van der Waals surface area contributed by atoms with E-state index >= 15 is 0 Å². The number of nitrogens with zero attached hydrogens (tertiary/aromatic N) is 2. The molecule has 4 nitrogen and oxygen atoms in total. The smallest absolute Gasteiger partial charge is 0.317 e. The van der Waals surface area contributed by atoms with E-state index in [1.54, 1.807) is 0 Å². The molecule has 0 aromatic heterocycles. The lowest BCUT2D eigenvalue weighted by molar-refractivity contribution is 0.168. The molecule has 0 bridgehead atoms. The van der Waals surface area contributed by atoms with Crippen LogP contribution in [0.3, 0.4) is 0 Å². The van der Waals surface area contributed by atoms with Crippen molar-refractivity contribution in [3.63, 3.8) is 0 Å². The lowest BCUT2D eigenvalue weighted by Crippen LogP contribution is -2.51. The summed E-state index contributed by atoms with van der Waals surface area (Å²) in [7, 11) is 0. The minimum atomic E-state index is 0.183. The van der Waals surface area contributed by atoms with E-state index in [0.29, 0.717) is 23.9 Å². The van der Waals surface area contributed by atoms with Gasteiger partial charge in [-0.25, -0.2) is 4.79 Å². The predicted molar refractivity (Wildman–Crippen MR) is 85.3 cm³/mol. The first-order valence-electron chi connectivity index (χ1n) is 8.94. The molecule has 1 saturated carbocycles. The summed E-state index contributed by atoms with van der Waals surface area (Å²) in [6, 6.07) is 1.17. The van der Waals surface area contributed by atoms with Crippen molar-refractivity contribution in [2.75, 3.05) is 26.2 Å². The Morgan fingerprint density at radius 3 is 2.29 bits per heavy atom. The van der Waals surface area contributed by atoms with Crippen molar-refractivity contribution in [2.45, 2.75) is 64.5 Å². The van der Waals surface area contributed by atoms with Gasteiger partial charge in [-0.1, -0.05) is 20.3 Å². The van der Waals surface area contributed by atoms with Crippen LogP contribution in [0.25, 0.3) is 0 Å². The molecule has 1 aliphatic carbocycles. The molecular weight excluding hydrogens is 262 g/mol. The van der Waals surface area contributed by atoms with Crippen LogP contribution in [0.2, 0.25) is 0 Å². The largest absolute Gasteiger partial charge is 0.335 e. The molecular formula is C17H31N3O. The molecule has 120 valence electrons. The molecule has 0 radical (unpaired) electrons. The number of likely N-dealkylation sites (tertiary alicyclic amines) is 2. The molecule has 0 unspecified atom stereocenters. The van der Waals surface area contributed by atoms with Crippen LogP contribution in [0, 0.1) is 11.8 Å². The molecule has 0 spiro atoms. The fourth-order valence-corrected chi connectivity index (χ4v) is 4.53. The normalized spacial score (nSPS) is 35.3. The van der Waals surface area contributed by atoms with Crippen LogP contribution in [-0.2, 0) is 0 Å². The first kappa shape index (κ1) is 15.1. The van der Waals surface area contributed by atoms with E-state index in [9.17, 15) is 4.79 Å². The Bertz CT molecular complexity index is 357. The van der Waals surface area contributed by atoms with Gasteiger partial charge in [-0.2, -0.15) is 0 Å². The molecule has 0 aromatic rings. The number of hydrogen-bond acceptors (Lipinski definition) is 2. The zero-order valence-electron chi connectivity index (χ0n) is 13.7. The highest BCUT2D eigenvalue weighted by molar-refractivity contribution is 5.75. The van der Waals surface area contributed by atoms with E-state index in [2.05, 4.69) is 29.0 Å². The number of urea groups is 1. The maximum atomic E-state index is 12.6. The zero-order chi connectivity index (χ0) is 14.8. The van der Waals surface area contributed by atoms with Gasteiger partial charge in [0.1, 0.15) is 0 Å². The van der Waals surface area contributed by atoms with Gasteiger partial charge in [-0.05, 0) is 57.0 Å². The highest BCUT2D eigenvalue weighted by Crippen LogP contribution is 2.29. The number of amides is 2. The summed E-state index contributed by atoms with van der Waals surface area (Å²) in [5.74, 6) is 1.24. The lowest BCUT2D eigenvalue weighted by Gasteiger charge is -2.36. The third kappa shape index (κ3) is 3.36. The second-order valence-corrected chi connectivity index (χ2v) is 7.49. The third-order valence-corrected chi connectivity index (χ3v) is 5.94. The molecule has 3 atom stereocenters. The Labute approximate surface area is 129 Å². The SMILES string of the molecule is C[C@@H]1CCC[C@@H](C)C1NC(=O)N1CC[C@@H](N2CCCC2)C1. The van der Waals surface area contributed by atoms with Crippen molar-refractivity contribution in [3.8, 4) is 0 Å². The average Bonchev–Trinajstić information content (AvgIpc) is 3.12. The Kier molecular flexibility index (Phi) is 4.72. The van der Waals surface area contributed by atoms with Crippen molar-refractivity contribution in [1.29, 1.82) is 0 Å². The lowest BCUT2D eigenvalue weighted by atomic mass is 9.79. The van der Waals surface area contributed by atoms with E-state index in [4.69, 9.17) is 0 Å². The van der Waals surface area contributed by atoms with E-state index in [-0.39, 0.29) is 6.03 Å². The van der Waals surface area contributed by atoms with E-state index < -0.39 is 0 Å². The Balaban J connectivity index is 1.51. The Hall–Kier alpha value is -0.770. The number of nitrogens with one attached hydrogen (secondary N) is 1. The molecule has 2 aliphatic heterocycles. The van der Waals surface area contributed by atoms with Gasteiger partial charge in [-0.15, -0.1) is 0 Å². The third-order valence-electron chi connectivity index (χ3n) is 5.94. The van der Waals surface area contributed by atoms with Crippen LogP contribution in [0.4, 0.5) is 4.79 Å². The minimum Gasteiger partial charge on any atom is -0.335 e. The van der Waals surface area contributed by atoms with Gasteiger partial charge >= 0.3 is 6.03 Å². The molecule has 3 rings (SSSR count). The zero-order valence-corrected chi connectivity index (χ0v) is 13.7. The molecule has 2 amide bonds. The maximum absolute atomic E-state index is 12.6. The molecule has 2 heterocycles. The topological polar surface area (TPSA) is 35.6 Å². The number of hydrogen-bond donors (Lipinski definition) is 1. The Morgan fingerprint density at radius 1 is 0.952 bits per heavy atom. The van der Waals surface area contributed by atoms with Gasteiger partial charge in [0.25, 0.3) is 0 Å². The van der Waals surface area contributed by atoms with Gasteiger partial charge in [0, 0.05) is 25.2 Å². The molecule has 1 N–H and O–H groups in total. The Morgan fingerprint density at radius 2 is 1.62 bits per heavy atom. The van der Waals surface area contributed by atoms with Crippen molar-refractivity contribution < 1.29 is 4.79 Å². The summed E-state index contributed by atoms with van der Waals surface area (Å²) in [6.45, 7) is 8.91.